The first kappa shape index (κ1) is 18.3. The first-order valence-electron chi connectivity index (χ1n) is 9.71. The van der Waals surface area contributed by atoms with E-state index in [0.29, 0.717) is 24.6 Å². The second-order valence-electron chi connectivity index (χ2n) is 7.34. The van der Waals surface area contributed by atoms with E-state index < -0.39 is 0 Å². The maximum atomic E-state index is 12.9. The summed E-state index contributed by atoms with van der Waals surface area (Å²) in [5.41, 5.74) is 4.58. The van der Waals surface area contributed by atoms with E-state index in [1.807, 2.05) is 17.0 Å². The number of likely N-dealkylation sites (tertiary alicyclic amines) is 1. The molecule has 144 valence electrons. The number of amides is 1. The SMILES string of the molecule is Cc1ccc(C2CCCN2C(=O)CCc2nc(-c3cccnc3)no2)cc1C. The molecular formula is C22H24N4O2. The molecule has 0 radical (unpaired) electrons. The van der Waals surface area contributed by atoms with Gasteiger partial charge in [-0.25, -0.2) is 0 Å². The van der Waals surface area contributed by atoms with Crippen LogP contribution in [0.5, 0.6) is 0 Å². The summed E-state index contributed by atoms with van der Waals surface area (Å²) in [7, 11) is 0. The third-order valence-corrected chi connectivity index (χ3v) is 5.43. The fourth-order valence-corrected chi connectivity index (χ4v) is 3.71. The van der Waals surface area contributed by atoms with Gasteiger partial charge in [-0.15, -0.1) is 0 Å². The number of rotatable bonds is 5. The summed E-state index contributed by atoms with van der Waals surface area (Å²) >= 11 is 0. The fraction of sp³-hybridized carbons (Fsp3) is 0.364. The van der Waals surface area contributed by atoms with Crippen molar-refractivity contribution in [2.45, 2.75) is 45.6 Å². The Balaban J connectivity index is 1.40. The van der Waals surface area contributed by atoms with Crippen molar-refractivity contribution in [3.05, 3.63) is 65.3 Å². The summed E-state index contributed by atoms with van der Waals surface area (Å²) in [6, 6.07) is 10.4. The molecule has 1 aliphatic heterocycles. The van der Waals surface area contributed by atoms with E-state index in [9.17, 15) is 4.79 Å². The molecule has 1 saturated heterocycles. The summed E-state index contributed by atoms with van der Waals surface area (Å²) in [5.74, 6) is 1.13. The zero-order chi connectivity index (χ0) is 19.5. The molecule has 0 spiro atoms. The highest BCUT2D eigenvalue weighted by molar-refractivity contribution is 5.77. The van der Waals surface area contributed by atoms with E-state index in [2.05, 4.69) is 47.2 Å². The Kier molecular flexibility index (Phi) is 5.19. The molecular weight excluding hydrogens is 352 g/mol. The monoisotopic (exact) mass is 376 g/mol. The zero-order valence-corrected chi connectivity index (χ0v) is 16.3. The van der Waals surface area contributed by atoms with Gasteiger partial charge in [-0.05, 0) is 55.5 Å². The average Bonchev–Trinajstić information content (AvgIpc) is 3.39. The summed E-state index contributed by atoms with van der Waals surface area (Å²) in [6.07, 6.45) is 6.26. The molecule has 3 heterocycles. The molecule has 1 unspecified atom stereocenters. The second-order valence-corrected chi connectivity index (χ2v) is 7.34. The fourth-order valence-electron chi connectivity index (χ4n) is 3.71. The van der Waals surface area contributed by atoms with Crippen LogP contribution in [0.3, 0.4) is 0 Å². The Bertz CT molecular complexity index is 968. The number of carbonyl (C=O) groups is 1. The molecule has 1 atom stereocenters. The second kappa shape index (κ2) is 7.92. The van der Waals surface area contributed by atoms with E-state index in [1.165, 1.54) is 16.7 Å². The van der Waals surface area contributed by atoms with Crippen molar-refractivity contribution in [3.8, 4) is 11.4 Å². The molecule has 28 heavy (non-hydrogen) atoms. The van der Waals surface area contributed by atoms with Crippen molar-refractivity contribution < 1.29 is 9.32 Å². The standard InChI is InChI=1S/C22H24N4O2/c1-15-7-8-17(13-16(15)2)19-6-4-12-26(19)21(27)10-9-20-24-22(25-28-20)18-5-3-11-23-14-18/h3,5,7-8,11,13-14,19H,4,6,9-10,12H2,1-2H3. The predicted molar refractivity (Wildman–Crippen MR) is 105 cm³/mol. The van der Waals surface area contributed by atoms with Gasteiger partial charge in [0.15, 0.2) is 0 Å². The van der Waals surface area contributed by atoms with Crippen LogP contribution >= 0.6 is 0 Å². The van der Waals surface area contributed by atoms with E-state index in [-0.39, 0.29) is 11.9 Å². The average molecular weight is 376 g/mol. The van der Waals surface area contributed by atoms with Crippen molar-refractivity contribution in [3.63, 3.8) is 0 Å². The predicted octanol–water partition coefficient (Wildman–Crippen LogP) is 4.04. The van der Waals surface area contributed by atoms with E-state index >= 15 is 0 Å². The van der Waals surface area contributed by atoms with Crippen molar-refractivity contribution in [2.24, 2.45) is 0 Å². The summed E-state index contributed by atoms with van der Waals surface area (Å²) < 4.78 is 5.31. The van der Waals surface area contributed by atoms with Crippen LogP contribution in [0.4, 0.5) is 0 Å². The van der Waals surface area contributed by atoms with Crippen molar-refractivity contribution in [1.82, 2.24) is 20.0 Å². The topological polar surface area (TPSA) is 72.1 Å². The number of benzene rings is 1. The van der Waals surface area contributed by atoms with Crippen LogP contribution in [0.25, 0.3) is 11.4 Å². The Morgan fingerprint density at radius 3 is 2.93 bits per heavy atom. The minimum atomic E-state index is 0.141. The van der Waals surface area contributed by atoms with Crippen LogP contribution in [0.15, 0.2) is 47.2 Å². The molecule has 4 rings (SSSR count). The van der Waals surface area contributed by atoms with E-state index in [1.54, 1.807) is 12.4 Å². The lowest BCUT2D eigenvalue weighted by molar-refractivity contribution is -0.132. The van der Waals surface area contributed by atoms with Crippen LogP contribution in [0, 0.1) is 13.8 Å². The molecule has 6 nitrogen and oxygen atoms in total. The van der Waals surface area contributed by atoms with Gasteiger partial charge in [-0.2, -0.15) is 4.98 Å². The normalized spacial score (nSPS) is 16.5. The van der Waals surface area contributed by atoms with Gasteiger partial charge >= 0.3 is 0 Å². The number of aromatic nitrogens is 3. The van der Waals surface area contributed by atoms with Gasteiger partial charge in [-0.1, -0.05) is 23.4 Å². The van der Waals surface area contributed by atoms with Gasteiger partial charge in [0.05, 0.1) is 6.04 Å². The number of hydrogen-bond donors (Lipinski definition) is 0. The Labute approximate surface area is 164 Å². The number of hydrogen-bond acceptors (Lipinski definition) is 5. The summed E-state index contributed by atoms with van der Waals surface area (Å²) in [6.45, 7) is 5.04. The number of aryl methyl sites for hydroxylation is 3. The van der Waals surface area contributed by atoms with Gasteiger partial charge in [0, 0.05) is 37.3 Å². The zero-order valence-electron chi connectivity index (χ0n) is 16.3. The van der Waals surface area contributed by atoms with Gasteiger partial charge in [0.25, 0.3) is 0 Å². The Hall–Kier alpha value is -3.02. The van der Waals surface area contributed by atoms with Crippen LogP contribution in [-0.2, 0) is 11.2 Å². The van der Waals surface area contributed by atoms with Crippen molar-refractivity contribution in [1.29, 1.82) is 0 Å². The lowest BCUT2D eigenvalue weighted by atomic mass is 9.99. The highest BCUT2D eigenvalue weighted by Crippen LogP contribution is 2.33. The molecule has 0 aliphatic carbocycles. The van der Waals surface area contributed by atoms with Gasteiger partial charge in [-0.3, -0.25) is 9.78 Å². The van der Waals surface area contributed by atoms with E-state index in [0.717, 1.165) is 24.9 Å². The Morgan fingerprint density at radius 1 is 1.25 bits per heavy atom. The highest BCUT2D eigenvalue weighted by atomic mass is 16.5. The molecule has 1 amide bonds. The maximum Gasteiger partial charge on any atom is 0.227 e. The smallest absolute Gasteiger partial charge is 0.227 e. The first-order valence-corrected chi connectivity index (χ1v) is 9.71. The van der Waals surface area contributed by atoms with E-state index in [4.69, 9.17) is 4.52 Å². The van der Waals surface area contributed by atoms with Crippen LogP contribution in [0.2, 0.25) is 0 Å². The molecule has 3 aromatic rings. The van der Waals surface area contributed by atoms with Crippen LogP contribution in [-0.4, -0.2) is 32.5 Å². The lowest BCUT2D eigenvalue weighted by Crippen LogP contribution is -2.30. The third-order valence-electron chi connectivity index (χ3n) is 5.43. The van der Waals surface area contributed by atoms with Gasteiger partial charge in [0.1, 0.15) is 0 Å². The van der Waals surface area contributed by atoms with Gasteiger partial charge in [0.2, 0.25) is 17.6 Å². The molecule has 2 aromatic heterocycles. The quantitative estimate of drug-likeness (QED) is 0.672. The first-order chi connectivity index (χ1) is 13.6. The number of carbonyl (C=O) groups excluding carboxylic acids is 1. The molecule has 0 saturated carbocycles. The molecule has 1 aliphatic rings. The molecule has 1 aromatic carbocycles. The number of pyridine rings is 1. The molecule has 0 N–H and O–H groups in total. The van der Waals surface area contributed by atoms with Crippen LogP contribution in [0.1, 0.15) is 47.9 Å². The minimum absolute atomic E-state index is 0.141. The van der Waals surface area contributed by atoms with Gasteiger partial charge < -0.3 is 9.42 Å². The largest absolute Gasteiger partial charge is 0.339 e. The summed E-state index contributed by atoms with van der Waals surface area (Å²) in [4.78, 5) is 23.3. The molecule has 6 heteroatoms. The molecule has 0 bridgehead atoms. The van der Waals surface area contributed by atoms with Crippen molar-refractivity contribution in [2.75, 3.05) is 6.54 Å². The summed E-state index contributed by atoms with van der Waals surface area (Å²) in [5, 5.41) is 3.99. The maximum absolute atomic E-state index is 12.9. The highest BCUT2D eigenvalue weighted by Gasteiger charge is 2.30. The third kappa shape index (κ3) is 3.81. The lowest BCUT2D eigenvalue weighted by Gasteiger charge is -2.25. The number of nitrogens with zero attached hydrogens (tertiary/aromatic N) is 4. The Morgan fingerprint density at radius 2 is 2.14 bits per heavy atom. The van der Waals surface area contributed by atoms with Crippen molar-refractivity contribution >= 4 is 5.91 Å². The molecule has 1 fully saturated rings. The minimum Gasteiger partial charge on any atom is -0.339 e. The van der Waals surface area contributed by atoms with Crippen LogP contribution < -0.4 is 0 Å².